The van der Waals surface area contributed by atoms with E-state index in [0.717, 1.165) is 24.2 Å². The zero-order valence-corrected chi connectivity index (χ0v) is 12.0. The van der Waals surface area contributed by atoms with Crippen molar-refractivity contribution in [3.63, 3.8) is 0 Å². The van der Waals surface area contributed by atoms with Gasteiger partial charge in [-0.15, -0.1) is 11.3 Å². The van der Waals surface area contributed by atoms with Crippen LogP contribution in [-0.2, 0) is 4.74 Å². The Hall–Kier alpha value is -0.0900. The van der Waals surface area contributed by atoms with Crippen molar-refractivity contribution in [2.75, 3.05) is 20.3 Å². The Balaban J connectivity index is 2.03. The van der Waals surface area contributed by atoms with Crippen LogP contribution in [0.15, 0.2) is 5.38 Å². The van der Waals surface area contributed by atoms with Crippen LogP contribution in [0.5, 0.6) is 0 Å². The van der Waals surface area contributed by atoms with Crippen molar-refractivity contribution in [2.24, 2.45) is 5.92 Å². The number of halogens is 1. The Labute approximate surface area is 112 Å². The van der Waals surface area contributed by atoms with Gasteiger partial charge in [0.2, 0.25) is 0 Å². The van der Waals surface area contributed by atoms with Gasteiger partial charge in [0.1, 0.15) is 0 Å². The molecule has 0 amide bonds. The summed E-state index contributed by atoms with van der Waals surface area (Å²) in [5.41, 5.74) is 1.19. The fraction of sp³-hybridized carbons (Fsp3) is 0.692. The van der Waals surface area contributed by atoms with Crippen LogP contribution < -0.4 is 5.32 Å². The Morgan fingerprint density at radius 1 is 1.53 bits per heavy atom. The van der Waals surface area contributed by atoms with Crippen molar-refractivity contribution in [3.8, 4) is 0 Å². The molecule has 1 aliphatic heterocycles. The lowest BCUT2D eigenvalue weighted by atomic mass is 9.92. The highest BCUT2D eigenvalue weighted by atomic mass is 35.5. The molecule has 1 unspecified atom stereocenters. The van der Waals surface area contributed by atoms with Gasteiger partial charge >= 0.3 is 0 Å². The number of hydrogen-bond acceptors (Lipinski definition) is 3. The Morgan fingerprint density at radius 3 is 2.76 bits per heavy atom. The summed E-state index contributed by atoms with van der Waals surface area (Å²) in [7, 11) is 2.02. The van der Waals surface area contributed by atoms with Crippen molar-refractivity contribution >= 4 is 22.9 Å². The van der Waals surface area contributed by atoms with Crippen molar-refractivity contribution in [3.05, 3.63) is 20.8 Å². The molecule has 0 saturated carbocycles. The van der Waals surface area contributed by atoms with Gasteiger partial charge in [0.15, 0.2) is 0 Å². The molecule has 0 bridgehead atoms. The number of rotatable bonds is 4. The van der Waals surface area contributed by atoms with Crippen molar-refractivity contribution in [1.82, 2.24) is 5.32 Å². The van der Waals surface area contributed by atoms with Crippen LogP contribution in [0.2, 0.25) is 5.02 Å². The minimum absolute atomic E-state index is 0.393. The largest absolute Gasteiger partial charge is 0.381 e. The second-order valence-electron chi connectivity index (χ2n) is 4.73. The van der Waals surface area contributed by atoms with Gasteiger partial charge in [0, 0.05) is 24.1 Å². The summed E-state index contributed by atoms with van der Waals surface area (Å²) >= 11 is 8.12. The normalized spacial score (nSPS) is 19.5. The standard InChI is InChI=1S/C13H20ClNOS/c1-9-8-17-13(12(9)14)11(15-2)7-10-3-5-16-6-4-10/h8,10-11,15H,3-7H2,1-2H3. The first-order valence-corrected chi connectivity index (χ1v) is 7.46. The van der Waals surface area contributed by atoms with Crippen molar-refractivity contribution in [1.29, 1.82) is 0 Å². The topological polar surface area (TPSA) is 21.3 Å². The summed E-state index contributed by atoms with van der Waals surface area (Å²) in [6.45, 7) is 3.90. The molecule has 0 radical (unpaired) electrons. The summed E-state index contributed by atoms with van der Waals surface area (Å²) in [4.78, 5) is 1.29. The average Bonchev–Trinajstić information content (AvgIpc) is 2.69. The molecule has 17 heavy (non-hydrogen) atoms. The predicted molar refractivity (Wildman–Crippen MR) is 74.0 cm³/mol. The predicted octanol–water partition coefficient (Wildman–Crippen LogP) is 3.79. The van der Waals surface area contributed by atoms with E-state index in [4.69, 9.17) is 16.3 Å². The molecule has 1 aromatic heterocycles. The first kappa shape index (κ1) is 13.3. The Morgan fingerprint density at radius 2 is 2.24 bits per heavy atom. The number of nitrogens with one attached hydrogen (secondary N) is 1. The molecule has 0 spiro atoms. The lowest BCUT2D eigenvalue weighted by Crippen LogP contribution is -2.23. The van der Waals surface area contributed by atoms with E-state index in [2.05, 4.69) is 17.6 Å². The summed E-state index contributed by atoms with van der Waals surface area (Å²) in [5.74, 6) is 0.764. The Bertz CT molecular complexity index is 360. The van der Waals surface area contributed by atoms with E-state index < -0.39 is 0 Å². The van der Waals surface area contributed by atoms with Gasteiger partial charge in [-0.3, -0.25) is 0 Å². The molecule has 1 N–H and O–H groups in total. The lowest BCUT2D eigenvalue weighted by molar-refractivity contribution is 0.0609. The molecule has 2 rings (SSSR count). The van der Waals surface area contributed by atoms with Gasteiger partial charge in [0.25, 0.3) is 0 Å². The third kappa shape index (κ3) is 3.22. The van der Waals surface area contributed by atoms with Gasteiger partial charge in [0.05, 0.1) is 5.02 Å². The zero-order valence-electron chi connectivity index (χ0n) is 10.5. The summed E-state index contributed by atoms with van der Waals surface area (Å²) < 4.78 is 5.40. The summed E-state index contributed by atoms with van der Waals surface area (Å²) in [6, 6.07) is 0.393. The van der Waals surface area contributed by atoms with Crippen molar-refractivity contribution in [2.45, 2.75) is 32.2 Å². The second-order valence-corrected chi connectivity index (χ2v) is 6.02. The SMILES string of the molecule is CNC(CC1CCOCC1)c1scc(C)c1Cl. The number of ether oxygens (including phenoxy) is 1. The highest BCUT2D eigenvalue weighted by Gasteiger charge is 2.22. The third-order valence-corrected chi connectivity index (χ3v) is 5.33. The maximum Gasteiger partial charge on any atom is 0.0590 e. The molecular weight excluding hydrogens is 254 g/mol. The van der Waals surface area contributed by atoms with Gasteiger partial charge in [-0.05, 0) is 50.1 Å². The van der Waals surface area contributed by atoms with E-state index in [0.29, 0.717) is 6.04 Å². The third-order valence-electron chi connectivity index (χ3n) is 3.50. The monoisotopic (exact) mass is 273 g/mol. The zero-order chi connectivity index (χ0) is 12.3. The van der Waals surface area contributed by atoms with E-state index >= 15 is 0 Å². The summed E-state index contributed by atoms with van der Waals surface area (Å²) in [6.07, 6.45) is 3.53. The molecule has 0 aromatic carbocycles. The molecule has 0 aliphatic carbocycles. The van der Waals surface area contributed by atoms with Crippen LogP contribution in [-0.4, -0.2) is 20.3 Å². The summed E-state index contributed by atoms with van der Waals surface area (Å²) in [5, 5.41) is 6.50. The maximum atomic E-state index is 6.35. The molecule has 1 atom stereocenters. The molecule has 4 heteroatoms. The number of thiophene rings is 1. The molecule has 1 aromatic rings. The maximum absolute atomic E-state index is 6.35. The molecule has 2 heterocycles. The molecule has 1 aliphatic rings. The molecule has 96 valence electrons. The minimum atomic E-state index is 0.393. The second kappa shape index (κ2) is 6.19. The Kier molecular flexibility index (Phi) is 4.86. The van der Waals surface area contributed by atoms with E-state index in [9.17, 15) is 0 Å². The van der Waals surface area contributed by atoms with Crippen LogP contribution >= 0.6 is 22.9 Å². The first-order chi connectivity index (χ1) is 8.22. The van der Waals surface area contributed by atoms with Gasteiger partial charge < -0.3 is 10.1 Å². The smallest absolute Gasteiger partial charge is 0.0590 e. The van der Waals surface area contributed by atoms with Crippen LogP contribution in [0.25, 0.3) is 0 Å². The van der Waals surface area contributed by atoms with E-state index in [1.807, 2.05) is 7.05 Å². The number of aryl methyl sites for hydroxylation is 1. The molecular formula is C13H20ClNOS. The van der Waals surface area contributed by atoms with Crippen LogP contribution in [0.3, 0.4) is 0 Å². The lowest BCUT2D eigenvalue weighted by Gasteiger charge is -2.26. The van der Waals surface area contributed by atoms with E-state index in [1.54, 1.807) is 11.3 Å². The van der Waals surface area contributed by atoms with Gasteiger partial charge in [-0.25, -0.2) is 0 Å². The van der Waals surface area contributed by atoms with Crippen LogP contribution in [0, 0.1) is 12.8 Å². The fourth-order valence-corrected chi connectivity index (χ4v) is 3.81. The van der Waals surface area contributed by atoms with Crippen LogP contribution in [0.4, 0.5) is 0 Å². The first-order valence-electron chi connectivity index (χ1n) is 6.21. The van der Waals surface area contributed by atoms with E-state index in [1.165, 1.54) is 29.7 Å². The molecule has 2 nitrogen and oxygen atoms in total. The highest BCUT2D eigenvalue weighted by Crippen LogP contribution is 2.36. The molecule has 1 saturated heterocycles. The minimum Gasteiger partial charge on any atom is -0.381 e. The highest BCUT2D eigenvalue weighted by molar-refractivity contribution is 7.10. The van der Waals surface area contributed by atoms with Crippen LogP contribution in [0.1, 0.15) is 35.7 Å². The van der Waals surface area contributed by atoms with Gasteiger partial charge in [-0.2, -0.15) is 0 Å². The molecule has 1 fully saturated rings. The van der Waals surface area contributed by atoms with Crippen molar-refractivity contribution < 1.29 is 4.74 Å². The number of hydrogen-bond donors (Lipinski definition) is 1. The van der Waals surface area contributed by atoms with Gasteiger partial charge in [-0.1, -0.05) is 11.6 Å². The van der Waals surface area contributed by atoms with E-state index in [-0.39, 0.29) is 0 Å². The average molecular weight is 274 g/mol. The fourth-order valence-electron chi connectivity index (χ4n) is 2.36. The quantitative estimate of drug-likeness (QED) is 0.901.